The number of benzene rings is 8. The molecule has 0 saturated heterocycles. The Balaban J connectivity index is 1.31. The molecule has 12 aromatic rings. The van der Waals surface area contributed by atoms with Crippen LogP contribution in [0.15, 0.2) is 164 Å². The Morgan fingerprint density at radius 1 is 0.527 bits per heavy atom. The molecule has 0 fully saturated rings. The zero-order valence-electron chi connectivity index (χ0n) is 30.1. The first-order valence-corrected chi connectivity index (χ1v) is 18.8. The molecule has 0 atom stereocenters. The monoisotopic (exact) mass is 700 g/mol. The third kappa shape index (κ3) is 4.05. The van der Waals surface area contributed by atoms with Gasteiger partial charge in [-0.1, -0.05) is 134 Å². The number of allylic oxidation sites excluding steroid dienone is 2. The molecule has 0 aliphatic heterocycles. The summed E-state index contributed by atoms with van der Waals surface area (Å²) in [5.74, 6) is 0.655. The van der Waals surface area contributed by atoms with Crippen molar-refractivity contribution in [2.24, 2.45) is 0 Å². The Hall–Kier alpha value is -7.30. The first-order chi connectivity index (χ1) is 27.2. The summed E-state index contributed by atoms with van der Waals surface area (Å²) < 4.78 is 4.78. The van der Waals surface area contributed by atoms with E-state index in [1.54, 1.807) is 0 Å². The minimum atomic E-state index is 0.655. The summed E-state index contributed by atoms with van der Waals surface area (Å²) in [6, 6.07) is 52.6. The van der Waals surface area contributed by atoms with E-state index in [2.05, 4.69) is 174 Å². The van der Waals surface area contributed by atoms with Crippen LogP contribution >= 0.6 is 0 Å². The summed E-state index contributed by atoms with van der Waals surface area (Å²) in [4.78, 5) is 11.2. The predicted molar refractivity (Wildman–Crippen MR) is 233 cm³/mol. The summed E-state index contributed by atoms with van der Waals surface area (Å²) in [6.45, 7) is 6.23. The predicted octanol–water partition coefficient (Wildman–Crippen LogP) is 13.4. The molecule has 0 radical (unpaired) electrons. The van der Waals surface area contributed by atoms with Gasteiger partial charge in [-0.15, -0.1) is 0 Å². The highest BCUT2D eigenvalue weighted by atomic mass is 15.2. The lowest BCUT2D eigenvalue weighted by Crippen LogP contribution is -2.04. The van der Waals surface area contributed by atoms with Gasteiger partial charge in [0.1, 0.15) is 0 Å². The maximum absolute atomic E-state index is 5.67. The summed E-state index contributed by atoms with van der Waals surface area (Å²) in [5, 5.41) is 14.2. The summed E-state index contributed by atoms with van der Waals surface area (Å²) in [5.41, 5.74) is 9.91. The Labute approximate surface area is 315 Å². The van der Waals surface area contributed by atoms with Gasteiger partial charge in [-0.3, -0.25) is 4.57 Å². The molecule has 4 heteroatoms. The van der Waals surface area contributed by atoms with Crippen LogP contribution in [0.2, 0.25) is 0 Å². The van der Waals surface area contributed by atoms with E-state index in [1.165, 1.54) is 76.2 Å². The molecule has 8 aromatic carbocycles. The molecule has 0 spiro atoms. The maximum Gasteiger partial charge on any atom is 0.235 e. The van der Waals surface area contributed by atoms with Gasteiger partial charge >= 0.3 is 0 Å². The third-order valence-electron chi connectivity index (χ3n) is 11.8. The molecule has 55 heavy (non-hydrogen) atoms. The molecule has 256 valence electrons. The fourth-order valence-electron chi connectivity index (χ4n) is 9.37. The molecule has 0 bridgehead atoms. The van der Waals surface area contributed by atoms with Gasteiger partial charge in [0.25, 0.3) is 0 Å². The van der Waals surface area contributed by atoms with Gasteiger partial charge in [-0.2, -0.15) is 0 Å². The average Bonchev–Trinajstić information content (AvgIpc) is 3.85. The molecule has 0 aliphatic rings. The quantitative estimate of drug-likeness (QED) is 0.135. The Kier molecular flexibility index (Phi) is 6.10. The molecule has 0 amide bonds. The number of aryl methyl sites for hydroxylation is 1. The minimum Gasteiger partial charge on any atom is -0.308 e. The molecule has 0 unspecified atom stereocenters. The highest BCUT2D eigenvalue weighted by Gasteiger charge is 2.27. The Morgan fingerprint density at radius 2 is 1.20 bits per heavy atom. The number of aromatic nitrogens is 4. The zero-order valence-corrected chi connectivity index (χ0v) is 30.1. The molecular formula is C51H32N4. The number of rotatable bonds is 4. The van der Waals surface area contributed by atoms with E-state index >= 15 is 0 Å². The number of fused-ring (bicyclic) bond motifs is 13. The topological polar surface area (TPSA) is 35.1 Å². The van der Waals surface area contributed by atoms with Crippen LogP contribution in [-0.2, 0) is 0 Å². The summed E-state index contributed by atoms with van der Waals surface area (Å²) in [6.07, 6.45) is 6.08. The van der Waals surface area contributed by atoms with Crippen molar-refractivity contribution in [3.05, 3.63) is 176 Å². The van der Waals surface area contributed by atoms with Crippen molar-refractivity contribution >= 4 is 98.3 Å². The smallest absolute Gasteiger partial charge is 0.235 e. The molecule has 4 aromatic heterocycles. The fourth-order valence-corrected chi connectivity index (χ4v) is 9.37. The Morgan fingerprint density at radius 3 is 2.00 bits per heavy atom. The molecule has 4 heterocycles. The lowest BCUT2D eigenvalue weighted by molar-refractivity contribution is 1.02. The number of hydrogen-bond donors (Lipinski definition) is 0. The summed E-state index contributed by atoms with van der Waals surface area (Å²) in [7, 11) is 0. The molecule has 0 saturated carbocycles. The van der Waals surface area contributed by atoms with Crippen LogP contribution in [-0.4, -0.2) is 18.9 Å². The van der Waals surface area contributed by atoms with Crippen LogP contribution in [0.4, 0.5) is 0 Å². The zero-order chi connectivity index (χ0) is 36.4. The van der Waals surface area contributed by atoms with E-state index in [4.69, 9.17) is 9.97 Å². The van der Waals surface area contributed by atoms with Crippen LogP contribution in [0.3, 0.4) is 0 Å². The van der Waals surface area contributed by atoms with E-state index in [1.807, 2.05) is 12.2 Å². The van der Waals surface area contributed by atoms with Gasteiger partial charge in [0.15, 0.2) is 0 Å². The lowest BCUT2D eigenvalue weighted by atomic mass is 9.98. The fraction of sp³-hybridized carbons (Fsp3) is 0.0196. The van der Waals surface area contributed by atoms with E-state index in [9.17, 15) is 0 Å². The van der Waals surface area contributed by atoms with Crippen molar-refractivity contribution < 1.29 is 0 Å². The second-order valence-electron chi connectivity index (χ2n) is 14.6. The SMILES string of the molecule is C=C/C=C\c1c(C)c2cc3c4c5ccccc5ccc4n(-c4nc(-c5ccc6ccccc6c5)c5c(ccc6ccccc65)n4)c3c3c4ccccc4n1c23. The summed E-state index contributed by atoms with van der Waals surface area (Å²) >= 11 is 0. The van der Waals surface area contributed by atoms with Crippen molar-refractivity contribution in [2.45, 2.75) is 6.92 Å². The second-order valence-corrected chi connectivity index (χ2v) is 14.6. The van der Waals surface area contributed by atoms with Gasteiger partial charge in [0.05, 0.1) is 33.3 Å². The molecule has 0 N–H and O–H groups in total. The lowest BCUT2D eigenvalue weighted by Gasteiger charge is -2.14. The van der Waals surface area contributed by atoms with E-state index in [0.29, 0.717) is 5.95 Å². The van der Waals surface area contributed by atoms with E-state index < -0.39 is 0 Å². The average molecular weight is 701 g/mol. The van der Waals surface area contributed by atoms with Crippen LogP contribution in [0.1, 0.15) is 11.3 Å². The normalized spacial score (nSPS) is 12.5. The van der Waals surface area contributed by atoms with Crippen LogP contribution < -0.4 is 0 Å². The molecule has 0 aliphatic carbocycles. The third-order valence-corrected chi connectivity index (χ3v) is 11.8. The highest BCUT2D eigenvalue weighted by molar-refractivity contribution is 6.33. The van der Waals surface area contributed by atoms with Crippen LogP contribution in [0.25, 0.3) is 115 Å². The minimum absolute atomic E-state index is 0.655. The van der Waals surface area contributed by atoms with Crippen molar-refractivity contribution in [2.75, 3.05) is 0 Å². The molecule has 4 nitrogen and oxygen atoms in total. The van der Waals surface area contributed by atoms with Crippen molar-refractivity contribution in [3.63, 3.8) is 0 Å². The van der Waals surface area contributed by atoms with Gasteiger partial charge in [0.2, 0.25) is 5.95 Å². The highest BCUT2D eigenvalue weighted by Crippen LogP contribution is 2.47. The van der Waals surface area contributed by atoms with E-state index in [-0.39, 0.29) is 0 Å². The van der Waals surface area contributed by atoms with Gasteiger partial charge in [-0.25, -0.2) is 9.97 Å². The Bertz CT molecular complexity index is 3630. The number of hydrogen-bond acceptors (Lipinski definition) is 2. The van der Waals surface area contributed by atoms with Crippen molar-refractivity contribution in [1.29, 1.82) is 0 Å². The molecular weight excluding hydrogens is 669 g/mol. The van der Waals surface area contributed by atoms with E-state index in [0.717, 1.165) is 38.6 Å². The van der Waals surface area contributed by atoms with Crippen LogP contribution in [0, 0.1) is 6.92 Å². The number of para-hydroxylation sites is 1. The first kappa shape index (κ1) is 30.2. The maximum atomic E-state index is 5.67. The van der Waals surface area contributed by atoms with Crippen molar-refractivity contribution in [3.8, 4) is 17.2 Å². The molecule has 12 rings (SSSR count). The van der Waals surface area contributed by atoms with Gasteiger partial charge < -0.3 is 4.40 Å². The van der Waals surface area contributed by atoms with Crippen LogP contribution in [0.5, 0.6) is 0 Å². The van der Waals surface area contributed by atoms with Gasteiger partial charge in [-0.05, 0) is 81.2 Å². The van der Waals surface area contributed by atoms with Gasteiger partial charge in [0, 0.05) is 43.6 Å². The number of nitrogens with zero attached hydrogens (tertiary/aromatic N) is 4. The first-order valence-electron chi connectivity index (χ1n) is 18.8. The second kappa shape index (κ2) is 11.1. The van der Waals surface area contributed by atoms with Crippen molar-refractivity contribution in [1.82, 2.24) is 18.9 Å². The standard InChI is InChI=1S/C51H32N4/c1-3-4-20-42-30(2)39-29-40-45-36-17-9-7-15-33(36)25-27-44(45)55(50(40)47-38-19-11-12-21-43(38)54(42)49(39)47)51-52-41-26-24-32-14-8-10-18-37(32)46(41)48(53-51)35-23-22-31-13-5-6-16-34(31)28-35/h3-29H,1H2,2H3/b20-4-. The largest absolute Gasteiger partial charge is 0.308 e.